The Morgan fingerprint density at radius 2 is 1.25 bits per heavy atom. The number of alkyl halides is 2. The zero-order valence-corrected chi connectivity index (χ0v) is 8.17. The van der Waals surface area contributed by atoms with Gasteiger partial charge in [0.15, 0.2) is 0 Å². The van der Waals surface area contributed by atoms with Crippen LogP contribution in [0.25, 0.3) is 0 Å². The molecule has 3 heteroatoms. The van der Waals surface area contributed by atoms with Crippen LogP contribution in [0, 0.1) is 10.8 Å². The second kappa shape index (κ2) is 2.41. The molecule has 0 radical (unpaired) electrons. The largest absolute Gasteiger partial charge is 0.315 e. The van der Waals surface area contributed by atoms with Gasteiger partial charge in [0.05, 0.1) is 0 Å². The Labute approximate surface area is 72.5 Å². The van der Waals surface area contributed by atoms with Gasteiger partial charge in [-0.25, -0.2) is 8.78 Å². The lowest BCUT2D eigenvalue weighted by Gasteiger charge is -2.48. The summed E-state index contributed by atoms with van der Waals surface area (Å²) in [5, 5.41) is 3.04. The summed E-state index contributed by atoms with van der Waals surface area (Å²) in [6.45, 7) is 7.23. The molecule has 0 aromatic rings. The van der Waals surface area contributed by atoms with Crippen molar-refractivity contribution in [3.05, 3.63) is 0 Å². The highest BCUT2D eigenvalue weighted by atomic mass is 19.3. The predicted octanol–water partition coefficient (Wildman–Crippen LogP) is 2.28. The molecule has 0 aromatic heterocycles. The van der Waals surface area contributed by atoms with Crippen LogP contribution in [0.5, 0.6) is 0 Å². The number of hydrogen-bond donors (Lipinski definition) is 1. The van der Waals surface area contributed by atoms with Crippen molar-refractivity contribution in [1.29, 1.82) is 0 Å². The van der Waals surface area contributed by atoms with Crippen molar-refractivity contribution in [1.82, 2.24) is 5.32 Å². The molecule has 1 saturated heterocycles. The van der Waals surface area contributed by atoms with Crippen LogP contribution in [0.4, 0.5) is 8.78 Å². The first-order valence-electron chi connectivity index (χ1n) is 4.29. The van der Waals surface area contributed by atoms with E-state index in [4.69, 9.17) is 0 Å². The lowest BCUT2D eigenvalue weighted by molar-refractivity contribution is -0.201. The van der Waals surface area contributed by atoms with Crippen LogP contribution >= 0.6 is 0 Å². The summed E-state index contributed by atoms with van der Waals surface area (Å²) in [5.41, 5.74) is -1.87. The maximum atomic E-state index is 13.7. The topological polar surface area (TPSA) is 12.0 Å². The molecule has 0 spiro atoms. The van der Waals surface area contributed by atoms with Crippen molar-refractivity contribution < 1.29 is 8.78 Å². The van der Waals surface area contributed by atoms with E-state index < -0.39 is 16.8 Å². The molecule has 0 unspecified atom stereocenters. The highest BCUT2D eigenvalue weighted by Crippen LogP contribution is 2.50. The van der Waals surface area contributed by atoms with Crippen molar-refractivity contribution in [3.63, 3.8) is 0 Å². The van der Waals surface area contributed by atoms with Crippen molar-refractivity contribution in [2.45, 2.75) is 33.6 Å². The fourth-order valence-corrected chi connectivity index (χ4v) is 1.83. The van der Waals surface area contributed by atoms with Gasteiger partial charge in [-0.2, -0.15) is 0 Å². The first-order chi connectivity index (χ1) is 5.21. The Hall–Kier alpha value is -0.180. The fourth-order valence-electron chi connectivity index (χ4n) is 1.83. The third-order valence-electron chi connectivity index (χ3n) is 2.83. The zero-order valence-electron chi connectivity index (χ0n) is 8.17. The number of hydrogen-bond acceptors (Lipinski definition) is 1. The van der Waals surface area contributed by atoms with Gasteiger partial charge >= 0.3 is 0 Å². The molecule has 72 valence electrons. The number of rotatable bonds is 0. The Balaban J connectivity index is 2.99. The molecule has 1 rings (SSSR count). The Kier molecular flexibility index (Phi) is 1.99. The summed E-state index contributed by atoms with van der Waals surface area (Å²) in [6.07, 6.45) is 0. The summed E-state index contributed by atoms with van der Waals surface area (Å²) in [7, 11) is 0. The lowest BCUT2D eigenvalue weighted by atomic mass is 9.68. The molecular weight excluding hydrogens is 160 g/mol. The van der Waals surface area contributed by atoms with Crippen LogP contribution in [0.1, 0.15) is 27.7 Å². The van der Waals surface area contributed by atoms with E-state index in [0.717, 1.165) is 0 Å². The molecule has 1 aliphatic heterocycles. The summed E-state index contributed by atoms with van der Waals surface area (Å²) in [6, 6.07) is 0. The van der Waals surface area contributed by atoms with Gasteiger partial charge < -0.3 is 5.32 Å². The minimum absolute atomic E-state index is 0.392. The molecule has 0 saturated carbocycles. The Bertz CT molecular complexity index is 167. The molecule has 0 amide bonds. The van der Waals surface area contributed by atoms with Crippen molar-refractivity contribution in [2.24, 2.45) is 10.8 Å². The van der Waals surface area contributed by atoms with Crippen LogP contribution in [0.15, 0.2) is 0 Å². The van der Waals surface area contributed by atoms with Crippen LogP contribution in [-0.2, 0) is 0 Å². The molecule has 12 heavy (non-hydrogen) atoms. The third kappa shape index (κ3) is 1.15. The SMILES string of the molecule is CC1(C)CNCC(C)(C)C1(F)F. The van der Waals surface area contributed by atoms with Crippen molar-refractivity contribution >= 4 is 0 Å². The van der Waals surface area contributed by atoms with Gasteiger partial charge in [-0.1, -0.05) is 27.7 Å². The standard InChI is InChI=1S/C9H17F2N/c1-7(2)5-12-6-8(3,4)9(7,10)11/h12H,5-6H2,1-4H3. The smallest absolute Gasteiger partial charge is 0.260 e. The summed E-state index contributed by atoms with van der Waals surface area (Å²) >= 11 is 0. The number of piperidine rings is 1. The average Bonchev–Trinajstić information content (AvgIpc) is 1.83. The fraction of sp³-hybridized carbons (Fsp3) is 1.00. The predicted molar refractivity (Wildman–Crippen MR) is 45.4 cm³/mol. The zero-order chi connectivity index (χ0) is 9.62. The molecular formula is C9H17F2N. The van der Waals surface area contributed by atoms with E-state index in [2.05, 4.69) is 5.32 Å². The summed E-state index contributed by atoms with van der Waals surface area (Å²) < 4.78 is 27.4. The van der Waals surface area contributed by atoms with Gasteiger partial charge in [-0.05, 0) is 0 Å². The molecule has 0 atom stereocenters. The first kappa shape index (κ1) is 9.90. The highest BCUT2D eigenvalue weighted by molar-refractivity contribution is 5.02. The molecule has 0 aliphatic carbocycles. The van der Waals surface area contributed by atoms with Gasteiger partial charge in [0, 0.05) is 23.9 Å². The minimum atomic E-state index is -2.59. The molecule has 1 nitrogen and oxygen atoms in total. The lowest BCUT2D eigenvalue weighted by Crippen LogP contribution is -2.61. The van der Waals surface area contributed by atoms with Crippen LogP contribution in [0.3, 0.4) is 0 Å². The molecule has 1 fully saturated rings. The molecule has 0 bridgehead atoms. The quantitative estimate of drug-likeness (QED) is 0.598. The van der Waals surface area contributed by atoms with Gasteiger partial charge in [-0.15, -0.1) is 0 Å². The molecule has 1 heterocycles. The van der Waals surface area contributed by atoms with Gasteiger partial charge in [0.1, 0.15) is 0 Å². The maximum Gasteiger partial charge on any atom is 0.260 e. The third-order valence-corrected chi connectivity index (χ3v) is 2.83. The average molecular weight is 177 g/mol. The van der Waals surface area contributed by atoms with Crippen molar-refractivity contribution in [2.75, 3.05) is 13.1 Å². The van der Waals surface area contributed by atoms with E-state index in [9.17, 15) is 8.78 Å². The van der Waals surface area contributed by atoms with Crippen molar-refractivity contribution in [3.8, 4) is 0 Å². The van der Waals surface area contributed by atoms with Gasteiger partial charge in [0.25, 0.3) is 5.92 Å². The molecule has 1 N–H and O–H groups in total. The first-order valence-corrected chi connectivity index (χ1v) is 4.29. The van der Waals surface area contributed by atoms with E-state index in [1.807, 2.05) is 0 Å². The van der Waals surface area contributed by atoms with E-state index in [1.54, 1.807) is 27.7 Å². The van der Waals surface area contributed by atoms with E-state index in [1.165, 1.54) is 0 Å². The minimum Gasteiger partial charge on any atom is -0.315 e. The Morgan fingerprint density at radius 1 is 0.917 bits per heavy atom. The second-order valence-corrected chi connectivity index (χ2v) is 4.95. The Morgan fingerprint density at radius 3 is 1.50 bits per heavy atom. The number of nitrogens with one attached hydrogen (secondary N) is 1. The van der Waals surface area contributed by atoms with Crippen LogP contribution in [0.2, 0.25) is 0 Å². The normalized spacial score (nSPS) is 31.5. The molecule has 0 aromatic carbocycles. The van der Waals surface area contributed by atoms with E-state index in [-0.39, 0.29) is 0 Å². The number of halogens is 2. The molecule has 1 aliphatic rings. The van der Waals surface area contributed by atoms with Gasteiger partial charge in [-0.3, -0.25) is 0 Å². The summed E-state index contributed by atoms with van der Waals surface area (Å²) in [5.74, 6) is -2.59. The van der Waals surface area contributed by atoms with Crippen LogP contribution in [-0.4, -0.2) is 19.0 Å². The van der Waals surface area contributed by atoms with Crippen LogP contribution < -0.4 is 5.32 Å². The highest BCUT2D eigenvalue weighted by Gasteiger charge is 2.59. The summed E-state index contributed by atoms with van der Waals surface area (Å²) in [4.78, 5) is 0. The van der Waals surface area contributed by atoms with E-state index in [0.29, 0.717) is 13.1 Å². The second-order valence-electron chi connectivity index (χ2n) is 4.95. The van der Waals surface area contributed by atoms with E-state index >= 15 is 0 Å². The van der Waals surface area contributed by atoms with Gasteiger partial charge in [0.2, 0.25) is 0 Å². The maximum absolute atomic E-state index is 13.7. The monoisotopic (exact) mass is 177 g/mol.